The van der Waals surface area contributed by atoms with Gasteiger partial charge in [0.15, 0.2) is 0 Å². The number of aromatic hydroxyl groups is 1. The lowest BCUT2D eigenvalue weighted by molar-refractivity contribution is 0.0696. The van der Waals surface area contributed by atoms with Crippen LogP contribution < -0.4 is 0 Å². The number of carboxylic acid groups (broad SMARTS) is 1. The SMILES string of the molecule is O=C=Nc1cc(O)cc(C(=O)O)c1. The van der Waals surface area contributed by atoms with Crippen molar-refractivity contribution in [3.05, 3.63) is 23.8 Å². The van der Waals surface area contributed by atoms with Gasteiger partial charge in [-0.05, 0) is 12.1 Å². The van der Waals surface area contributed by atoms with Crippen LogP contribution in [0.2, 0.25) is 0 Å². The van der Waals surface area contributed by atoms with E-state index in [9.17, 15) is 9.59 Å². The Morgan fingerprint density at radius 1 is 1.38 bits per heavy atom. The van der Waals surface area contributed by atoms with Crippen molar-refractivity contribution in [1.29, 1.82) is 0 Å². The maximum atomic E-state index is 10.5. The van der Waals surface area contributed by atoms with Gasteiger partial charge in [0, 0.05) is 6.07 Å². The van der Waals surface area contributed by atoms with Gasteiger partial charge in [-0.1, -0.05) is 0 Å². The summed E-state index contributed by atoms with van der Waals surface area (Å²) in [4.78, 5) is 23.5. The number of aliphatic imine (C=N–C) groups is 1. The minimum Gasteiger partial charge on any atom is -0.508 e. The fourth-order valence-electron chi connectivity index (χ4n) is 0.836. The summed E-state index contributed by atoms with van der Waals surface area (Å²) in [7, 11) is 0. The van der Waals surface area contributed by atoms with E-state index in [0.29, 0.717) is 0 Å². The number of carbonyl (C=O) groups is 1. The second kappa shape index (κ2) is 3.51. The number of benzene rings is 1. The van der Waals surface area contributed by atoms with E-state index in [4.69, 9.17) is 10.2 Å². The normalized spacial score (nSPS) is 8.92. The number of isocyanates is 1. The molecule has 5 nitrogen and oxygen atoms in total. The minimum absolute atomic E-state index is 0.0624. The van der Waals surface area contributed by atoms with Crippen molar-refractivity contribution < 1.29 is 19.8 Å². The molecule has 0 atom stereocenters. The number of nitrogens with zero attached hydrogens (tertiary/aromatic N) is 1. The highest BCUT2D eigenvalue weighted by atomic mass is 16.4. The largest absolute Gasteiger partial charge is 0.508 e. The van der Waals surface area contributed by atoms with Crippen LogP contribution in [0.15, 0.2) is 23.2 Å². The molecule has 0 aromatic heterocycles. The van der Waals surface area contributed by atoms with Crippen molar-refractivity contribution in [2.75, 3.05) is 0 Å². The number of rotatable bonds is 2. The monoisotopic (exact) mass is 179 g/mol. The van der Waals surface area contributed by atoms with Crippen LogP contribution in [0.3, 0.4) is 0 Å². The van der Waals surface area contributed by atoms with E-state index in [1.807, 2.05) is 0 Å². The summed E-state index contributed by atoms with van der Waals surface area (Å²) < 4.78 is 0. The molecule has 0 aliphatic rings. The zero-order valence-corrected chi connectivity index (χ0v) is 6.39. The van der Waals surface area contributed by atoms with Gasteiger partial charge in [0.1, 0.15) is 5.75 Å². The zero-order valence-electron chi connectivity index (χ0n) is 6.39. The van der Waals surface area contributed by atoms with E-state index < -0.39 is 5.97 Å². The number of aromatic carboxylic acids is 1. The Labute approximate surface area is 73.0 Å². The Morgan fingerprint density at radius 2 is 2.08 bits per heavy atom. The highest BCUT2D eigenvalue weighted by Crippen LogP contribution is 2.21. The number of hydrogen-bond donors (Lipinski definition) is 2. The molecular formula is C8H5NO4. The van der Waals surface area contributed by atoms with E-state index in [1.54, 1.807) is 0 Å². The topological polar surface area (TPSA) is 87.0 Å². The van der Waals surface area contributed by atoms with Gasteiger partial charge in [0.25, 0.3) is 0 Å². The van der Waals surface area contributed by atoms with Crippen LogP contribution in [0, 0.1) is 0 Å². The fraction of sp³-hybridized carbons (Fsp3) is 0. The Hall–Kier alpha value is -2.13. The third-order valence-corrected chi connectivity index (χ3v) is 1.32. The van der Waals surface area contributed by atoms with Crippen molar-refractivity contribution >= 4 is 17.7 Å². The van der Waals surface area contributed by atoms with Crippen molar-refractivity contribution in [3.63, 3.8) is 0 Å². The number of phenolic OH excluding ortho intramolecular Hbond substituents is 1. The van der Waals surface area contributed by atoms with Gasteiger partial charge in [-0.2, -0.15) is 4.99 Å². The maximum Gasteiger partial charge on any atom is 0.335 e. The molecule has 1 aromatic rings. The average Bonchev–Trinajstić information content (AvgIpc) is 2.03. The summed E-state index contributed by atoms with van der Waals surface area (Å²) in [5.74, 6) is -1.45. The second-order valence-electron chi connectivity index (χ2n) is 2.25. The third-order valence-electron chi connectivity index (χ3n) is 1.32. The number of carboxylic acids is 1. The van der Waals surface area contributed by atoms with Gasteiger partial charge in [-0.25, -0.2) is 9.59 Å². The quantitative estimate of drug-likeness (QED) is 0.524. The molecule has 0 bridgehead atoms. The first kappa shape index (κ1) is 8.96. The predicted octanol–water partition coefficient (Wildman–Crippen LogP) is 1.06. The Balaban J connectivity index is 3.26. The third kappa shape index (κ3) is 2.15. The van der Waals surface area contributed by atoms with Crippen molar-refractivity contribution in [1.82, 2.24) is 0 Å². The summed E-state index contributed by atoms with van der Waals surface area (Å²) in [6.07, 6.45) is 1.25. The first-order valence-corrected chi connectivity index (χ1v) is 3.28. The van der Waals surface area contributed by atoms with Gasteiger partial charge in [-0.3, -0.25) is 0 Å². The zero-order chi connectivity index (χ0) is 9.84. The Kier molecular flexibility index (Phi) is 2.42. The Bertz CT molecular complexity index is 373. The van der Waals surface area contributed by atoms with Crippen LogP contribution in [0.4, 0.5) is 5.69 Å². The standard InChI is InChI=1S/C8H5NO4/c10-4-9-6-1-5(8(12)13)2-7(11)3-6/h1-3,11H,(H,12,13). The maximum absolute atomic E-state index is 10.5. The summed E-state index contributed by atoms with van der Waals surface area (Å²) in [6.45, 7) is 0. The highest BCUT2D eigenvalue weighted by Gasteiger charge is 2.05. The lowest BCUT2D eigenvalue weighted by Gasteiger charge is -1.97. The highest BCUT2D eigenvalue weighted by molar-refractivity contribution is 5.89. The Morgan fingerprint density at radius 3 is 2.62 bits per heavy atom. The predicted molar refractivity (Wildman–Crippen MR) is 42.8 cm³/mol. The summed E-state index contributed by atoms with van der Waals surface area (Å²) in [5, 5.41) is 17.6. The molecule has 5 heteroatoms. The molecule has 2 N–H and O–H groups in total. The molecule has 0 fully saturated rings. The second-order valence-corrected chi connectivity index (χ2v) is 2.25. The summed E-state index contributed by atoms with van der Waals surface area (Å²) >= 11 is 0. The van der Waals surface area contributed by atoms with Gasteiger partial charge in [-0.15, -0.1) is 0 Å². The van der Waals surface area contributed by atoms with Crippen LogP contribution in [-0.4, -0.2) is 22.3 Å². The first-order valence-electron chi connectivity index (χ1n) is 3.28. The molecular weight excluding hydrogens is 174 g/mol. The molecule has 0 amide bonds. The lowest BCUT2D eigenvalue weighted by Crippen LogP contribution is -1.94. The molecule has 0 saturated heterocycles. The summed E-state index contributed by atoms with van der Waals surface area (Å²) in [5.41, 5.74) is -0.0681. The average molecular weight is 179 g/mol. The van der Waals surface area contributed by atoms with Gasteiger partial charge >= 0.3 is 5.97 Å². The molecule has 0 saturated carbocycles. The van der Waals surface area contributed by atoms with E-state index in [1.165, 1.54) is 6.08 Å². The molecule has 66 valence electrons. The molecule has 0 aliphatic carbocycles. The van der Waals surface area contributed by atoms with E-state index in [2.05, 4.69) is 4.99 Å². The number of hydrogen-bond acceptors (Lipinski definition) is 4. The smallest absolute Gasteiger partial charge is 0.335 e. The van der Waals surface area contributed by atoms with Crippen molar-refractivity contribution in [2.45, 2.75) is 0 Å². The van der Waals surface area contributed by atoms with Crippen LogP contribution in [0.1, 0.15) is 10.4 Å². The summed E-state index contributed by atoms with van der Waals surface area (Å²) in [6, 6.07) is 3.39. The number of phenols is 1. The van der Waals surface area contributed by atoms with Crippen LogP contribution >= 0.6 is 0 Å². The first-order chi connectivity index (χ1) is 6.13. The molecule has 1 rings (SSSR count). The molecule has 0 aliphatic heterocycles. The van der Waals surface area contributed by atoms with Gasteiger partial charge < -0.3 is 10.2 Å². The molecule has 0 heterocycles. The van der Waals surface area contributed by atoms with E-state index in [0.717, 1.165) is 18.2 Å². The molecule has 0 radical (unpaired) electrons. The minimum atomic E-state index is -1.20. The van der Waals surface area contributed by atoms with Crippen molar-refractivity contribution in [2.24, 2.45) is 4.99 Å². The van der Waals surface area contributed by atoms with Crippen LogP contribution in [-0.2, 0) is 4.79 Å². The molecule has 13 heavy (non-hydrogen) atoms. The van der Waals surface area contributed by atoms with Gasteiger partial charge in [0.05, 0.1) is 11.3 Å². The molecule has 1 aromatic carbocycles. The lowest BCUT2D eigenvalue weighted by atomic mass is 10.2. The molecule has 0 spiro atoms. The number of carbonyl (C=O) groups excluding carboxylic acids is 1. The van der Waals surface area contributed by atoms with E-state index >= 15 is 0 Å². The van der Waals surface area contributed by atoms with Crippen molar-refractivity contribution in [3.8, 4) is 5.75 Å². The molecule has 0 unspecified atom stereocenters. The fourth-order valence-corrected chi connectivity index (χ4v) is 0.836. The van der Waals surface area contributed by atoms with E-state index in [-0.39, 0.29) is 17.0 Å². The van der Waals surface area contributed by atoms with Crippen LogP contribution in [0.25, 0.3) is 0 Å². The van der Waals surface area contributed by atoms with Gasteiger partial charge in [0.2, 0.25) is 6.08 Å². The van der Waals surface area contributed by atoms with Crippen LogP contribution in [0.5, 0.6) is 5.75 Å².